The summed E-state index contributed by atoms with van der Waals surface area (Å²) in [5.74, 6) is 0. The predicted molar refractivity (Wildman–Crippen MR) is 97.0 cm³/mol. The van der Waals surface area contributed by atoms with Gasteiger partial charge in [-0.15, -0.1) is 0 Å². The minimum Gasteiger partial charge on any atom is -0.352 e. The highest BCUT2D eigenvalue weighted by atomic mass is 32.1. The van der Waals surface area contributed by atoms with Crippen molar-refractivity contribution in [3.05, 3.63) is 48.8 Å². The molecule has 6 nitrogen and oxygen atoms in total. The van der Waals surface area contributed by atoms with Gasteiger partial charge in [0.2, 0.25) is 0 Å². The van der Waals surface area contributed by atoms with Crippen molar-refractivity contribution in [2.75, 3.05) is 10.6 Å². The molecule has 0 saturated heterocycles. The summed E-state index contributed by atoms with van der Waals surface area (Å²) >= 11 is 10.1. The number of benzene rings is 1. The van der Waals surface area contributed by atoms with Crippen LogP contribution in [0, 0.1) is 0 Å². The van der Waals surface area contributed by atoms with Crippen molar-refractivity contribution in [1.82, 2.24) is 11.0 Å². The first-order valence-electron chi connectivity index (χ1n) is 6.26. The zero-order chi connectivity index (χ0) is 16.5. The van der Waals surface area contributed by atoms with Crippen LogP contribution in [-0.2, 0) is 9.68 Å². The Hall–Kier alpha value is -2.32. The summed E-state index contributed by atoms with van der Waals surface area (Å²) in [5.41, 5.74) is 7.77. The van der Waals surface area contributed by atoms with Gasteiger partial charge < -0.3 is 20.3 Å². The van der Waals surface area contributed by atoms with E-state index in [4.69, 9.17) is 34.1 Å². The number of rotatable bonds is 6. The number of para-hydroxylation sites is 2. The van der Waals surface area contributed by atoms with Crippen LogP contribution in [-0.4, -0.2) is 10.3 Å². The molecule has 118 valence electrons. The number of hydrogen-bond acceptors (Lipinski definition) is 6. The molecule has 0 aliphatic rings. The summed E-state index contributed by atoms with van der Waals surface area (Å²) in [6.45, 7) is 10.8. The number of hydroxylamine groups is 2. The average molecular weight is 338 g/mol. The highest BCUT2D eigenvalue weighted by Gasteiger charge is 2.07. The van der Waals surface area contributed by atoms with Gasteiger partial charge in [0, 0.05) is 11.4 Å². The molecule has 0 fully saturated rings. The quantitative estimate of drug-likeness (QED) is 0.466. The Balaban J connectivity index is 2.65. The maximum atomic E-state index is 5.10. The number of anilines is 2. The molecule has 0 radical (unpaired) electrons. The molecule has 0 atom stereocenters. The van der Waals surface area contributed by atoms with Gasteiger partial charge in [-0.3, -0.25) is 0 Å². The Bertz CT molecular complexity index is 539. The average Bonchev–Trinajstić information content (AvgIpc) is 2.45. The first-order chi connectivity index (χ1) is 10.4. The van der Waals surface area contributed by atoms with Gasteiger partial charge in [0.1, 0.15) is 0 Å². The molecule has 8 heteroatoms. The van der Waals surface area contributed by atoms with E-state index in [1.807, 2.05) is 24.3 Å². The van der Waals surface area contributed by atoms with E-state index in [-0.39, 0.29) is 10.3 Å². The van der Waals surface area contributed by atoms with E-state index in [0.29, 0.717) is 22.8 Å². The van der Waals surface area contributed by atoms with Gasteiger partial charge in [0.25, 0.3) is 10.3 Å². The van der Waals surface area contributed by atoms with E-state index in [1.54, 1.807) is 13.8 Å². The Kier molecular flexibility index (Phi) is 7.14. The molecule has 0 bridgehead atoms. The van der Waals surface area contributed by atoms with Crippen molar-refractivity contribution >= 4 is 46.2 Å². The molecule has 4 N–H and O–H groups in total. The summed E-state index contributed by atoms with van der Waals surface area (Å²) in [6, 6.07) is 7.32. The lowest BCUT2D eigenvalue weighted by atomic mass is 10.2. The number of thiocarbonyl (C=S) groups is 2. The molecule has 0 aromatic heterocycles. The van der Waals surface area contributed by atoms with Crippen LogP contribution in [0.2, 0.25) is 0 Å². The van der Waals surface area contributed by atoms with Crippen LogP contribution in [0.25, 0.3) is 0 Å². The zero-order valence-corrected chi connectivity index (χ0v) is 14.0. The van der Waals surface area contributed by atoms with Crippen molar-refractivity contribution in [2.24, 2.45) is 0 Å². The van der Waals surface area contributed by atoms with E-state index in [1.165, 1.54) is 0 Å². The second-order valence-corrected chi connectivity index (χ2v) is 5.08. The van der Waals surface area contributed by atoms with Crippen LogP contribution in [0.5, 0.6) is 0 Å². The molecule has 0 saturated carbocycles. The predicted octanol–water partition coefficient (Wildman–Crippen LogP) is 3.19. The van der Waals surface area contributed by atoms with Crippen LogP contribution >= 0.6 is 24.4 Å². The number of allylic oxidation sites excluding steroid dienone is 2. The molecule has 0 aliphatic carbocycles. The normalized spacial score (nSPS) is 9.18. The van der Waals surface area contributed by atoms with Crippen LogP contribution in [0.15, 0.2) is 48.8 Å². The Labute approximate surface area is 140 Å². The summed E-state index contributed by atoms with van der Waals surface area (Å²) < 4.78 is 0. The molecule has 1 rings (SSSR count). The molecular weight excluding hydrogens is 320 g/mol. The molecular formula is C14H18N4O2S2. The molecule has 0 unspecified atom stereocenters. The lowest BCUT2D eigenvalue weighted by Gasteiger charge is -2.15. The van der Waals surface area contributed by atoms with Gasteiger partial charge in [-0.25, -0.2) is 11.0 Å². The van der Waals surface area contributed by atoms with Crippen molar-refractivity contribution in [3.63, 3.8) is 0 Å². The fourth-order valence-corrected chi connectivity index (χ4v) is 1.54. The molecule has 0 heterocycles. The number of nitrogens with one attached hydrogen (secondary N) is 4. The topological polar surface area (TPSA) is 66.6 Å². The van der Waals surface area contributed by atoms with E-state index < -0.39 is 0 Å². The van der Waals surface area contributed by atoms with Gasteiger partial charge in [-0.1, -0.05) is 25.3 Å². The summed E-state index contributed by atoms with van der Waals surface area (Å²) in [7, 11) is 0. The molecule has 22 heavy (non-hydrogen) atoms. The summed E-state index contributed by atoms with van der Waals surface area (Å²) in [6.07, 6.45) is 0. The summed E-state index contributed by atoms with van der Waals surface area (Å²) in [5, 5.41) is 6.14. The maximum Gasteiger partial charge on any atom is 0.290 e. The second kappa shape index (κ2) is 8.85. The van der Waals surface area contributed by atoms with E-state index in [2.05, 4.69) is 34.8 Å². The smallest absolute Gasteiger partial charge is 0.290 e. The highest BCUT2D eigenvalue weighted by molar-refractivity contribution is 7.80. The van der Waals surface area contributed by atoms with Gasteiger partial charge >= 0.3 is 0 Å². The van der Waals surface area contributed by atoms with Crippen LogP contribution in [0.4, 0.5) is 11.4 Å². The Morgan fingerprint density at radius 1 is 0.864 bits per heavy atom. The third kappa shape index (κ3) is 6.91. The third-order valence-corrected chi connectivity index (χ3v) is 2.41. The fraction of sp³-hybridized carbons (Fsp3) is 0.143. The summed E-state index contributed by atoms with van der Waals surface area (Å²) in [4.78, 5) is 10.2. The number of hydrogen-bond donors (Lipinski definition) is 4. The molecule has 0 amide bonds. The maximum absolute atomic E-state index is 5.10. The molecule has 0 aliphatic heterocycles. The SMILES string of the molecule is C=C(C)NOC(=S)Nc1ccccc1NC(=S)ONC(=C)C. The van der Waals surface area contributed by atoms with E-state index in [9.17, 15) is 0 Å². The largest absolute Gasteiger partial charge is 0.352 e. The minimum absolute atomic E-state index is 0.143. The second-order valence-electron chi connectivity index (χ2n) is 4.34. The van der Waals surface area contributed by atoms with Crippen LogP contribution in [0.1, 0.15) is 13.8 Å². The fourth-order valence-electron chi connectivity index (χ4n) is 1.24. The molecule has 1 aromatic carbocycles. The standard InChI is InChI=1S/C14H18N4O2S2/c1-9(2)17-19-13(21)15-11-7-5-6-8-12(11)16-14(22)20-18-10(3)4/h5-8,17-18H,1,3H2,2,4H3,(H,15,21)(H,16,22). The van der Waals surface area contributed by atoms with Crippen molar-refractivity contribution in [1.29, 1.82) is 0 Å². The zero-order valence-electron chi connectivity index (χ0n) is 12.4. The monoisotopic (exact) mass is 338 g/mol. The Morgan fingerprint density at radius 2 is 1.23 bits per heavy atom. The van der Waals surface area contributed by atoms with E-state index >= 15 is 0 Å². The molecule has 0 spiro atoms. The van der Waals surface area contributed by atoms with Gasteiger partial charge in [0.05, 0.1) is 11.4 Å². The molecule has 1 aromatic rings. The van der Waals surface area contributed by atoms with Crippen LogP contribution in [0.3, 0.4) is 0 Å². The van der Waals surface area contributed by atoms with Crippen LogP contribution < -0.4 is 21.6 Å². The first-order valence-corrected chi connectivity index (χ1v) is 7.08. The lowest BCUT2D eigenvalue weighted by molar-refractivity contribution is 0.221. The van der Waals surface area contributed by atoms with Gasteiger partial charge in [0.15, 0.2) is 0 Å². The highest BCUT2D eigenvalue weighted by Crippen LogP contribution is 2.21. The van der Waals surface area contributed by atoms with Crippen molar-refractivity contribution in [2.45, 2.75) is 13.8 Å². The third-order valence-electron chi connectivity index (χ3n) is 2.04. The van der Waals surface area contributed by atoms with E-state index in [0.717, 1.165) is 0 Å². The lowest BCUT2D eigenvalue weighted by Crippen LogP contribution is -2.24. The Morgan fingerprint density at radius 3 is 1.55 bits per heavy atom. The van der Waals surface area contributed by atoms with Crippen molar-refractivity contribution in [3.8, 4) is 0 Å². The van der Waals surface area contributed by atoms with Crippen molar-refractivity contribution < 1.29 is 9.68 Å². The first kappa shape index (κ1) is 17.7. The van der Waals surface area contributed by atoms with Gasteiger partial charge in [-0.2, -0.15) is 0 Å². The minimum atomic E-state index is 0.143. The van der Waals surface area contributed by atoms with Gasteiger partial charge in [-0.05, 0) is 50.4 Å².